The highest BCUT2D eigenvalue weighted by Gasteiger charge is 2.34. The highest BCUT2D eigenvalue weighted by atomic mass is 32.2. The second kappa shape index (κ2) is 3.79. The maximum atomic E-state index is 10.6. The van der Waals surface area contributed by atoms with Gasteiger partial charge in [0.2, 0.25) is 0 Å². The fourth-order valence-electron chi connectivity index (χ4n) is 2.40. The molecule has 1 fully saturated rings. The van der Waals surface area contributed by atoms with Gasteiger partial charge in [-0.1, -0.05) is 42.5 Å². The summed E-state index contributed by atoms with van der Waals surface area (Å²) >= 11 is 1.83. The molecule has 1 nitrogen and oxygen atoms in total. The molecular weight excluding hydrogens is 216 g/mol. The third kappa shape index (κ3) is 1.53. The van der Waals surface area contributed by atoms with E-state index in [0.29, 0.717) is 0 Å². The van der Waals surface area contributed by atoms with Crippen LogP contribution in [0.2, 0.25) is 0 Å². The summed E-state index contributed by atoms with van der Waals surface area (Å²) in [5.74, 6) is 1.88. The molecule has 0 amide bonds. The predicted molar refractivity (Wildman–Crippen MR) is 69.8 cm³/mol. The Morgan fingerprint density at radius 1 is 1.06 bits per heavy atom. The highest BCUT2D eigenvalue weighted by Crippen LogP contribution is 2.39. The largest absolute Gasteiger partial charge is 0.384 e. The fraction of sp³-hybridized carbons (Fsp3) is 0.286. The maximum Gasteiger partial charge on any atom is 0.1000 e. The van der Waals surface area contributed by atoms with Crippen LogP contribution in [0.1, 0.15) is 12.0 Å². The van der Waals surface area contributed by atoms with Gasteiger partial charge in [0, 0.05) is 5.75 Å². The van der Waals surface area contributed by atoms with Crippen LogP contribution in [-0.4, -0.2) is 16.6 Å². The van der Waals surface area contributed by atoms with Gasteiger partial charge in [-0.05, 0) is 28.5 Å². The van der Waals surface area contributed by atoms with E-state index in [0.717, 1.165) is 23.5 Å². The molecule has 1 N–H and O–H groups in total. The summed E-state index contributed by atoms with van der Waals surface area (Å²) in [4.78, 5) is 0. The lowest BCUT2D eigenvalue weighted by Crippen LogP contribution is -2.24. The molecular formula is C14H14OS. The van der Waals surface area contributed by atoms with E-state index >= 15 is 0 Å². The van der Waals surface area contributed by atoms with Crippen molar-refractivity contribution < 1.29 is 5.11 Å². The lowest BCUT2D eigenvalue weighted by Gasteiger charge is -2.23. The third-order valence-electron chi connectivity index (χ3n) is 3.29. The molecule has 0 aromatic heterocycles. The minimum Gasteiger partial charge on any atom is -0.384 e. The van der Waals surface area contributed by atoms with Crippen molar-refractivity contribution >= 4 is 22.5 Å². The number of benzene rings is 2. The van der Waals surface area contributed by atoms with Gasteiger partial charge in [-0.3, -0.25) is 0 Å². The zero-order valence-electron chi connectivity index (χ0n) is 9.02. The molecule has 16 heavy (non-hydrogen) atoms. The molecule has 2 heteroatoms. The zero-order valence-corrected chi connectivity index (χ0v) is 9.83. The van der Waals surface area contributed by atoms with Crippen LogP contribution in [0.25, 0.3) is 10.8 Å². The first-order valence-corrected chi connectivity index (χ1v) is 6.73. The molecule has 0 aliphatic carbocycles. The van der Waals surface area contributed by atoms with Gasteiger partial charge in [-0.2, -0.15) is 11.8 Å². The Hall–Kier alpha value is -0.990. The van der Waals surface area contributed by atoms with E-state index in [1.54, 1.807) is 0 Å². The van der Waals surface area contributed by atoms with Gasteiger partial charge < -0.3 is 5.11 Å². The molecule has 1 atom stereocenters. The molecule has 0 radical (unpaired) electrons. The highest BCUT2D eigenvalue weighted by molar-refractivity contribution is 7.99. The molecule has 3 rings (SSSR count). The van der Waals surface area contributed by atoms with Crippen molar-refractivity contribution in [1.82, 2.24) is 0 Å². The summed E-state index contributed by atoms with van der Waals surface area (Å²) in [7, 11) is 0. The van der Waals surface area contributed by atoms with Gasteiger partial charge in [0.1, 0.15) is 0 Å². The van der Waals surface area contributed by atoms with E-state index in [-0.39, 0.29) is 0 Å². The molecule has 1 aliphatic heterocycles. The minimum absolute atomic E-state index is 0.620. The number of hydrogen-bond donors (Lipinski definition) is 1. The van der Waals surface area contributed by atoms with Gasteiger partial charge in [0.25, 0.3) is 0 Å². The Morgan fingerprint density at radius 3 is 2.69 bits per heavy atom. The normalized spacial score (nSPS) is 25.1. The Bertz CT molecular complexity index is 510. The number of thioether (sulfide) groups is 1. The number of rotatable bonds is 1. The molecule has 1 unspecified atom stereocenters. The zero-order chi connectivity index (χ0) is 11.0. The SMILES string of the molecule is OC1(c2cccc3ccccc23)CCSC1. The van der Waals surface area contributed by atoms with Crippen LogP contribution in [0.5, 0.6) is 0 Å². The average Bonchev–Trinajstić information content (AvgIpc) is 2.77. The van der Waals surface area contributed by atoms with Crippen molar-refractivity contribution in [1.29, 1.82) is 0 Å². The predicted octanol–water partition coefficient (Wildman–Crippen LogP) is 3.16. The first kappa shape index (κ1) is 10.2. The minimum atomic E-state index is -0.620. The van der Waals surface area contributed by atoms with Gasteiger partial charge in [-0.15, -0.1) is 0 Å². The lowest BCUT2D eigenvalue weighted by atomic mass is 9.89. The van der Waals surface area contributed by atoms with Crippen LogP contribution < -0.4 is 0 Å². The molecule has 0 bridgehead atoms. The summed E-state index contributed by atoms with van der Waals surface area (Å²) < 4.78 is 0. The topological polar surface area (TPSA) is 20.2 Å². The van der Waals surface area contributed by atoms with Crippen molar-refractivity contribution in [3.05, 3.63) is 48.0 Å². The Balaban J connectivity index is 2.23. The van der Waals surface area contributed by atoms with Gasteiger partial charge >= 0.3 is 0 Å². The second-order valence-corrected chi connectivity index (χ2v) is 5.47. The molecule has 1 heterocycles. The number of aliphatic hydroxyl groups is 1. The fourth-order valence-corrected chi connectivity index (χ4v) is 3.66. The van der Waals surface area contributed by atoms with Crippen LogP contribution in [-0.2, 0) is 5.60 Å². The van der Waals surface area contributed by atoms with E-state index in [1.165, 1.54) is 10.8 Å². The maximum absolute atomic E-state index is 10.6. The summed E-state index contributed by atoms with van der Waals surface area (Å²) in [6.07, 6.45) is 0.867. The molecule has 1 aliphatic rings. The van der Waals surface area contributed by atoms with Gasteiger partial charge in [-0.25, -0.2) is 0 Å². The van der Waals surface area contributed by atoms with Gasteiger partial charge in [0.05, 0.1) is 5.60 Å². The van der Waals surface area contributed by atoms with Crippen LogP contribution in [0, 0.1) is 0 Å². The summed E-state index contributed by atoms with van der Waals surface area (Å²) in [5.41, 5.74) is 0.474. The van der Waals surface area contributed by atoms with Crippen LogP contribution in [0.4, 0.5) is 0 Å². The molecule has 2 aromatic rings. The van der Waals surface area contributed by atoms with E-state index in [4.69, 9.17) is 0 Å². The first-order chi connectivity index (χ1) is 7.80. The Morgan fingerprint density at radius 2 is 1.88 bits per heavy atom. The summed E-state index contributed by atoms with van der Waals surface area (Å²) in [5, 5.41) is 13.0. The van der Waals surface area contributed by atoms with Crippen LogP contribution in [0.15, 0.2) is 42.5 Å². The van der Waals surface area contributed by atoms with E-state index in [1.807, 2.05) is 30.0 Å². The lowest BCUT2D eigenvalue weighted by molar-refractivity contribution is 0.0673. The molecule has 82 valence electrons. The molecule has 0 spiro atoms. The summed E-state index contributed by atoms with van der Waals surface area (Å²) in [6.45, 7) is 0. The van der Waals surface area contributed by atoms with Crippen molar-refractivity contribution in [2.45, 2.75) is 12.0 Å². The quantitative estimate of drug-likeness (QED) is 0.812. The third-order valence-corrected chi connectivity index (χ3v) is 4.47. The Labute approximate surface area is 99.5 Å². The summed E-state index contributed by atoms with van der Waals surface area (Å²) in [6, 6.07) is 14.5. The molecule has 2 aromatic carbocycles. The Kier molecular flexibility index (Phi) is 2.41. The smallest absolute Gasteiger partial charge is 0.1000 e. The first-order valence-electron chi connectivity index (χ1n) is 5.58. The standard InChI is InChI=1S/C14H14OS/c15-14(8-9-16-10-14)13-7-3-5-11-4-1-2-6-12(11)13/h1-7,15H,8-10H2. The molecule has 0 saturated carbocycles. The van der Waals surface area contributed by atoms with Crippen molar-refractivity contribution in [2.75, 3.05) is 11.5 Å². The van der Waals surface area contributed by atoms with E-state index in [2.05, 4.69) is 24.3 Å². The number of hydrogen-bond acceptors (Lipinski definition) is 2. The monoisotopic (exact) mass is 230 g/mol. The van der Waals surface area contributed by atoms with E-state index < -0.39 is 5.60 Å². The molecule has 1 saturated heterocycles. The van der Waals surface area contributed by atoms with Crippen molar-refractivity contribution in [3.63, 3.8) is 0 Å². The average molecular weight is 230 g/mol. The second-order valence-electron chi connectivity index (χ2n) is 4.36. The van der Waals surface area contributed by atoms with Crippen LogP contribution in [0.3, 0.4) is 0 Å². The number of fused-ring (bicyclic) bond motifs is 1. The van der Waals surface area contributed by atoms with Crippen LogP contribution >= 0.6 is 11.8 Å². The van der Waals surface area contributed by atoms with Gasteiger partial charge in [0.15, 0.2) is 0 Å². The van der Waals surface area contributed by atoms with Crippen molar-refractivity contribution in [2.24, 2.45) is 0 Å². The van der Waals surface area contributed by atoms with E-state index in [9.17, 15) is 5.11 Å². The van der Waals surface area contributed by atoms with Crippen molar-refractivity contribution in [3.8, 4) is 0 Å².